The Labute approximate surface area is 88.5 Å². The Morgan fingerprint density at radius 1 is 1.64 bits per heavy atom. The number of nitrogens with zero attached hydrogens (tertiary/aromatic N) is 1. The van der Waals surface area contributed by atoms with Crippen LogP contribution in [0, 0.1) is 5.92 Å². The lowest BCUT2D eigenvalue weighted by Gasteiger charge is -2.14. The van der Waals surface area contributed by atoms with Crippen molar-refractivity contribution in [3.05, 3.63) is 22.4 Å². The van der Waals surface area contributed by atoms with Crippen LogP contribution in [0.25, 0.3) is 0 Å². The summed E-state index contributed by atoms with van der Waals surface area (Å²) in [5, 5.41) is 1.95. The van der Waals surface area contributed by atoms with Gasteiger partial charge in [-0.1, -0.05) is 6.07 Å². The minimum Gasteiger partial charge on any atom is -0.299 e. The van der Waals surface area contributed by atoms with E-state index >= 15 is 0 Å². The molecule has 1 aromatic rings. The van der Waals surface area contributed by atoms with E-state index in [-0.39, 0.29) is 5.78 Å². The Kier molecular flexibility index (Phi) is 2.99. The molecule has 1 saturated carbocycles. The van der Waals surface area contributed by atoms with E-state index in [0.29, 0.717) is 6.54 Å². The molecule has 0 bridgehead atoms. The van der Waals surface area contributed by atoms with Gasteiger partial charge in [0.25, 0.3) is 0 Å². The zero-order valence-electron chi connectivity index (χ0n) is 8.40. The average molecular weight is 209 g/mol. The summed E-state index contributed by atoms with van der Waals surface area (Å²) < 4.78 is 0. The molecule has 0 aromatic carbocycles. The number of carbonyl (C=O) groups excluding carboxylic acids is 1. The van der Waals surface area contributed by atoms with E-state index in [2.05, 4.69) is 4.90 Å². The summed E-state index contributed by atoms with van der Waals surface area (Å²) in [7, 11) is 2.03. The van der Waals surface area contributed by atoms with Crippen molar-refractivity contribution in [2.45, 2.75) is 12.8 Å². The second-order valence-electron chi connectivity index (χ2n) is 4.04. The minimum atomic E-state index is 0.253. The predicted octanol–water partition coefficient (Wildman–Crippen LogP) is 2.27. The summed E-state index contributed by atoms with van der Waals surface area (Å²) in [5.74, 6) is 1.11. The van der Waals surface area contributed by atoms with Gasteiger partial charge in [-0.2, -0.15) is 0 Å². The first-order chi connectivity index (χ1) is 6.75. The molecule has 0 N–H and O–H groups in total. The van der Waals surface area contributed by atoms with E-state index < -0.39 is 0 Å². The number of likely N-dealkylation sites (N-methyl/N-ethyl adjacent to an activating group) is 1. The third-order valence-corrected chi connectivity index (χ3v) is 3.39. The summed E-state index contributed by atoms with van der Waals surface area (Å²) >= 11 is 1.53. The van der Waals surface area contributed by atoms with Gasteiger partial charge in [-0.05, 0) is 37.3 Å². The highest BCUT2D eigenvalue weighted by Gasteiger charge is 2.23. The number of ketones is 1. The summed E-state index contributed by atoms with van der Waals surface area (Å²) in [4.78, 5) is 14.7. The van der Waals surface area contributed by atoms with Crippen molar-refractivity contribution in [2.24, 2.45) is 5.92 Å². The highest BCUT2D eigenvalue weighted by Crippen LogP contribution is 2.29. The molecule has 0 radical (unpaired) electrons. The predicted molar refractivity (Wildman–Crippen MR) is 58.9 cm³/mol. The highest BCUT2D eigenvalue weighted by molar-refractivity contribution is 7.12. The number of thiophene rings is 1. The van der Waals surface area contributed by atoms with Gasteiger partial charge in [0.2, 0.25) is 0 Å². The van der Waals surface area contributed by atoms with Crippen LogP contribution in [0.1, 0.15) is 22.5 Å². The van der Waals surface area contributed by atoms with Crippen molar-refractivity contribution >= 4 is 17.1 Å². The molecule has 76 valence electrons. The molecule has 1 aliphatic rings. The summed E-state index contributed by atoms with van der Waals surface area (Å²) in [5.41, 5.74) is 0. The van der Waals surface area contributed by atoms with Crippen LogP contribution in [0.3, 0.4) is 0 Å². The van der Waals surface area contributed by atoms with Gasteiger partial charge in [-0.25, -0.2) is 0 Å². The number of hydrogen-bond donors (Lipinski definition) is 0. The van der Waals surface area contributed by atoms with Crippen LogP contribution in [0.2, 0.25) is 0 Å². The van der Waals surface area contributed by atoms with Crippen molar-refractivity contribution in [3.8, 4) is 0 Å². The summed E-state index contributed by atoms with van der Waals surface area (Å²) in [6.07, 6.45) is 2.69. The lowest BCUT2D eigenvalue weighted by molar-refractivity contribution is 0.0948. The van der Waals surface area contributed by atoms with Crippen LogP contribution >= 0.6 is 11.3 Å². The monoisotopic (exact) mass is 209 g/mol. The van der Waals surface area contributed by atoms with Crippen LogP contribution in [-0.2, 0) is 0 Å². The maximum atomic E-state index is 11.7. The summed E-state index contributed by atoms with van der Waals surface area (Å²) in [6, 6.07) is 3.83. The Balaban J connectivity index is 1.81. The van der Waals surface area contributed by atoms with Crippen molar-refractivity contribution < 1.29 is 4.79 Å². The fourth-order valence-electron chi connectivity index (χ4n) is 1.57. The molecule has 1 fully saturated rings. The molecule has 0 aliphatic heterocycles. The fourth-order valence-corrected chi connectivity index (χ4v) is 2.22. The molecule has 0 amide bonds. The van der Waals surface area contributed by atoms with Gasteiger partial charge in [-0.3, -0.25) is 9.69 Å². The van der Waals surface area contributed by atoms with Crippen LogP contribution < -0.4 is 0 Å². The number of rotatable bonds is 5. The van der Waals surface area contributed by atoms with E-state index in [0.717, 1.165) is 17.3 Å². The second-order valence-corrected chi connectivity index (χ2v) is 4.99. The largest absolute Gasteiger partial charge is 0.299 e. The number of carbonyl (C=O) groups is 1. The highest BCUT2D eigenvalue weighted by atomic mass is 32.1. The van der Waals surface area contributed by atoms with Gasteiger partial charge < -0.3 is 0 Å². The molecular formula is C11H15NOS. The summed E-state index contributed by atoms with van der Waals surface area (Å²) in [6.45, 7) is 1.65. The topological polar surface area (TPSA) is 20.3 Å². The van der Waals surface area contributed by atoms with E-state index in [1.54, 1.807) is 0 Å². The van der Waals surface area contributed by atoms with Gasteiger partial charge in [0.05, 0.1) is 11.4 Å². The zero-order chi connectivity index (χ0) is 9.97. The fraction of sp³-hybridized carbons (Fsp3) is 0.545. The van der Waals surface area contributed by atoms with E-state index in [1.807, 2.05) is 24.6 Å². The van der Waals surface area contributed by atoms with Crippen molar-refractivity contribution in [3.63, 3.8) is 0 Å². The molecule has 1 aliphatic carbocycles. The SMILES string of the molecule is CN(CC(=O)c1cccs1)CC1CC1. The lowest BCUT2D eigenvalue weighted by atomic mass is 10.3. The molecule has 0 saturated heterocycles. The van der Waals surface area contributed by atoms with Gasteiger partial charge in [0.1, 0.15) is 0 Å². The Morgan fingerprint density at radius 2 is 2.43 bits per heavy atom. The van der Waals surface area contributed by atoms with E-state index in [1.165, 1.54) is 24.2 Å². The first-order valence-corrected chi connectivity index (χ1v) is 5.89. The molecule has 0 atom stereocenters. The molecule has 0 unspecified atom stereocenters. The molecule has 2 rings (SSSR count). The lowest BCUT2D eigenvalue weighted by Crippen LogP contribution is -2.27. The van der Waals surface area contributed by atoms with Crippen LogP contribution in [0.15, 0.2) is 17.5 Å². The Morgan fingerprint density at radius 3 is 3.00 bits per heavy atom. The average Bonchev–Trinajstić information content (AvgIpc) is 2.80. The second kappa shape index (κ2) is 4.24. The Bertz CT molecular complexity index is 303. The van der Waals surface area contributed by atoms with Crippen molar-refractivity contribution in [2.75, 3.05) is 20.1 Å². The zero-order valence-corrected chi connectivity index (χ0v) is 9.22. The van der Waals surface area contributed by atoms with Gasteiger partial charge in [0, 0.05) is 6.54 Å². The molecule has 1 heterocycles. The first kappa shape index (κ1) is 9.87. The van der Waals surface area contributed by atoms with Gasteiger partial charge in [-0.15, -0.1) is 11.3 Å². The maximum absolute atomic E-state index is 11.7. The van der Waals surface area contributed by atoms with Gasteiger partial charge >= 0.3 is 0 Å². The standard InChI is InChI=1S/C11H15NOS/c1-12(7-9-4-5-9)8-10(13)11-3-2-6-14-11/h2-3,6,9H,4-5,7-8H2,1H3. The smallest absolute Gasteiger partial charge is 0.186 e. The molecule has 2 nitrogen and oxygen atoms in total. The molecular weight excluding hydrogens is 194 g/mol. The maximum Gasteiger partial charge on any atom is 0.186 e. The number of hydrogen-bond acceptors (Lipinski definition) is 3. The number of Topliss-reactive ketones (excluding diaryl/α,β-unsaturated/α-hetero) is 1. The van der Waals surface area contributed by atoms with Crippen LogP contribution in [0.5, 0.6) is 0 Å². The quantitative estimate of drug-likeness (QED) is 0.693. The van der Waals surface area contributed by atoms with Gasteiger partial charge in [0.15, 0.2) is 5.78 Å². The molecule has 0 spiro atoms. The molecule has 3 heteroatoms. The van der Waals surface area contributed by atoms with E-state index in [9.17, 15) is 4.79 Å². The molecule has 1 aromatic heterocycles. The van der Waals surface area contributed by atoms with Crippen molar-refractivity contribution in [1.29, 1.82) is 0 Å². The normalized spacial score (nSPS) is 16.1. The third-order valence-electron chi connectivity index (χ3n) is 2.48. The van der Waals surface area contributed by atoms with Crippen LogP contribution in [-0.4, -0.2) is 30.8 Å². The Hall–Kier alpha value is -0.670. The minimum absolute atomic E-state index is 0.253. The molecule has 14 heavy (non-hydrogen) atoms. The van der Waals surface area contributed by atoms with Crippen LogP contribution in [0.4, 0.5) is 0 Å². The third kappa shape index (κ3) is 2.66. The van der Waals surface area contributed by atoms with E-state index in [4.69, 9.17) is 0 Å². The first-order valence-electron chi connectivity index (χ1n) is 5.01. The van der Waals surface area contributed by atoms with Crippen molar-refractivity contribution in [1.82, 2.24) is 4.90 Å².